The third kappa shape index (κ3) is 5.65. The van der Waals surface area contributed by atoms with E-state index in [9.17, 15) is 14.4 Å². The van der Waals surface area contributed by atoms with E-state index >= 15 is 0 Å². The van der Waals surface area contributed by atoms with Crippen LogP contribution in [0.2, 0.25) is 0 Å². The van der Waals surface area contributed by atoms with Crippen molar-refractivity contribution in [2.45, 2.75) is 17.7 Å². The zero-order chi connectivity index (χ0) is 19.9. The molecule has 0 radical (unpaired) electrons. The molecule has 2 amide bonds. The van der Waals surface area contributed by atoms with Gasteiger partial charge in [0.1, 0.15) is 0 Å². The van der Waals surface area contributed by atoms with Crippen LogP contribution < -0.4 is 20.1 Å². The Balaban J connectivity index is 1.49. The first-order chi connectivity index (χ1) is 13.5. The minimum Gasteiger partial charge on any atom is -0.481 e. The lowest BCUT2D eigenvalue weighted by atomic mass is 10.2. The smallest absolute Gasteiger partial charge is 0.303 e. The minimum absolute atomic E-state index is 0.0926. The third-order valence-electron chi connectivity index (χ3n) is 3.71. The van der Waals surface area contributed by atoms with Gasteiger partial charge in [0.15, 0.2) is 11.5 Å². The predicted octanol–water partition coefficient (Wildman–Crippen LogP) is 2.95. The van der Waals surface area contributed by atoms with Gasteiger partial charge in [-0.1, -0.05) is 6.07 Å². The van der Waals surface area contributed by atoms with Crippen LogP contribution in [-0.4, -0.2) is 35.4 Å². The van der Waals surface area contributed by atoms with E-state index in [1.165, 1.54) is 11.8 Å². The molecule has 0 atom stereocenters. The first-order valence-electron chi connectivity index (χ1n) is 8.43. The summed E-state index contributed by atoms with van der Waals surface area (Å²) in [6.45, 7) is 0.172. The first-order valence-corrected chi connectivity index (χ1v) is 9.42. The summed E-state index contributed by atoms with van der Waals surface area (Å²) in [5.41, 5.74) is 1.17. The number of carbonyl (C=O) groups excluding carboxylic acids is 2. The van der Waals surface area contributed by atoms with Crippen molar-refractivity contribution < 1.29 is 29.0 Å². The molecule has 0 aromatic heterocycles. The molecule has 0 spiro atoms. The largest absolute Gasteiger partial charge is 0.481 e. The summed E-state index contributed by atoms with van der Waals surface area (Å²) in [5.74, 6) is -0.144. The number of amides is 2. The lowest BCUT2D eigenvalue weighted by molar-refractivity contribution is -0.138. The van der Waals surface area contributed by atoms with Gasteiger partial charge in [-0.3, -0.25) is 14.4 Å². The normalized spacial score (nSPS) is 11.7. The molecule has 0 saturated carbocycles. The van der Waals surface area contributed by atoms with Gasteiger partial charge in [0, 0.05) is 28.8 Å². The van der Waals surface area contributed by atoms with Gasteiger partial charge in [0.2, 0.25) is 18.6 Å². The second kappa shape index (κ2) is 9.14. The van der Waals surface area contributed by atoms with Crippen LogP contribution in [0.15, 0.2) is 47.4 Å². The Morgan fingerprint density at radius 3 is 2.50 bits per heavy atom. The van der Waals surface area contributed by atoms with Gasteiger partial charge in [-0.2, -0.15) is 0 Å². The number of carboxylic acids is 1. The van der Waals surface area contributed by atoms with Crippen LogP contribution in [0, 0.1) is 0 Å². The van der Waals surface area contributed by atoms with E-state index in [-0.39, 0.29) is 37.2 Å². The van der Waals surface area contributed by atoms with Crippen molar-refractivity contribution in [3.8, 4) is 11.5 Å². The van der Waals surface area contributed by atoms with Crippen LogP contribution in [0.5, 0.6) is 11.5 Å². The number of nitrogens with one attached hydrogen (secondary N) is 2. The maximum absolute atomic E-state index is 12.2. The molecular formula is C19H18N2O6S. The molecule has 0 saturated heterocycles. The number of fused-ring (bicyclic) bond motifs is 1. The zero-order valence-corrected chi connectivity index (χ0v) is 15.6. The summed E-state index contributed by atoms with van der Waals surface area (Å²) in [5, 5.41) is 14.1. The predicted molar refractivity (Wildman–Crippen MR) is 104 cm³/mol. The topological polar surface area (TPSA) is 114 Å². The molecular weight excluding hydrogens is 384 g/mol. The fraction of sp³-hybridized carbons (Fsp3) is 0.211. The number of carbonyl (C=O) groups is 3. The van der Waals surface area contributed by atoms with Crippen LogP contribution in [0.3, 0.4) is 0 Å². The molecule has 2 aromatic carbocycles. The number of hydrogen-bond donors (Lipinski definition) is 3. The molecule has 8 nitrogen and oxygen atoms in total. The highest BCUT2D eigenvalue weighted by atomic mass is 32.2. The van der Waals surface area contributed by atoms with Crippen molar-refractivity contribution in [2.24, 2.45) is 0 Å². The Labute approximate surface area is 165 Å². The molecule has 146 valence electrons. The highest BCUT2D eigenvalue weighted by Gasteiger charge is 2.14. The minimum atomic E-state index is -1.02. The Hall–Kier alpha value is -3.20. The average Bonchev–Trinajstić information content (AvgIpc) is 3.13. The van der Waals surface area contributed by atoms with Crippen LogP contribution in [0.1, 0.15) is 12.8 Å². The van der Waals surface area contributed by atoms with Gasteiger partial charge >= 0.3 is 5.97 Å². The number of anilines is 2. The van der Waals surface area contributed by atoms with Crippen LogP contribution in [0.25, 0.3) is 0 Å². The number of rotatable bonds is 8. The van der Waals surface area contributed by atoms with Crippen molar-refractivity contribution in [1.82, 2.24) is 0 Å². The molecule has 0 unspecified atom stereocenters. The van der Waals surface area contributed by atoms with Crippen molar-refractivity contribution >= 4 is 40.9 Å². The molecule has 1 aliphatic heterocycles. The quantitative estimate of drug-likeness (QED) is 0.582. The zero-order valence-electron chi connectivity index (χ0n) is 14.8. The molecule has 0 aliphatic carbocycles. The van der Waals surface area contributed by atoms with Gasteiger partial charge in [0.05, 0.1) is 12.2 Å². The maximum atomic E-state index is 12.2. The highest BCUT2D eigenvalue weighted by Crippen LogP contribution is 2.34. The van der Waals surface area contributed by atoms with Gasteiger partial charge in [0.25, 0.3) is 0 Å². The first kappa shape index (κ1) is 19.6. The molecule has 2 aromatic rings. The molecule has 28 heavy (non-hydrogen) atoms. The molecule has 3 rings (SSSR count). The van der Waals surface area contributed by atoms with E-state index in [4.69, 9.17) is 14.6 Å². The molecule has 0 fully saturated rings. The van der Waals surface area contributed by atoms with E-state index in [0.717, 1.165) is 4.90 Å². The van der Waals surface area contributed by atoms with Gasteiger partial charge in [-0.25, -0.2) is 0 Å². The van der Waals surface area contributed by atoms with Crippen LogP contribution >= 0.6 is 11.8 Å². The lowest BCUT2D eigenvalue weighted by Gasteiger charge is -2.08. The van der Waals surface area contributed by atoms with Crippen molar-refractivity contribution in [3.63, 3.8) is 0 Å². The number of carboxylic acid groups (broad SMARTS) is 1. The second-order valence-electron chi connectivity index (χ2n) is 5.87. The fourth-order valence-electron chi connectivity index (χ4n) is 2.43. The Morgan fingerprint density at radius 1 is 0.929 bits per heavy atom. The number of ether oxygens (including phenoxy) is 2. The van der Waals surface area contributed by atoms with Crippen molar-refractivity contribution in [3.05, 3.63) is 42.5 Å². The molecule has 0 bridgehead atoms. The summed E-state index contributed by atoms with van der Waals surface area (Å²) >= 11 is 1.32. The second-order valence-corrected chi connectivity index (χ2v) is 6.92. The standard InChI is InChI=1S/C19H18N2O6S/c22-17(6-7-19(24)25)20-12-2-1-3-14(8-12)28-10-18(23)21-13-4-5-15-16(9-13)27-11-26-15/h1-5,8-9H,6-7,10-11H2,(H,20,22)(H,21,23)(H,24,25). The van der Waals surface area contributed by atoms with Gasteiger partial charge < -0.3 is 25.2 Å². The Kier molecular flexibility index (Phi) is 6.38. The number of benzene rings is 2. The van der Waals surface area contributed by atoms with E-state index < -0.39 is 5.97 Å². The number of aliphatic carboxylic acids is 1. The molecule has 1 aliphatic rings. The number of hydrogen-bond acceptors (Lipinski definition) is 6. The summed E-state index contributed by atoms with van der Waals surface area (Å²) in [7, 11) is 0. The average molecular weight is 402 g/mol. The van der Waals surface area contributed by atoms with E-state index in [2.05, 4.69) is 10.6 Å². The molecule has 3 N–H and O–H groups in total. The lowest BCUT2D eigenvalue weighted by Crippen LogP contribution is -2.14. The van der Waals surface area contributed by atoms with Crippen LogP contribution in [0.4, 0.5) is 11.4 Å². The summed E-state index contributed by atoms with van der Waals surface area (Å²) in [4.78, 5) is 35.2. The summed E-state index contributed by atoms with van der Waals surface area (Å²) in [6.07, 6.45) is -0.315. The summed E-state index contributed by atoms with van der Waals surface area (Å²) < 4.78 is 10.5. The van der Waals surface area contributed by atoms with Gasteiger partial charge in [-0.05, 0) is 30.3 Å². The fourth-order valence-corrected chi connectivity index (χ4v) is 3.18. The Morgan fingerprint density at radius 2 is 1.68 bits per heavy atom. The maximum Gasteiger partial charge on any atom is 0.303 e. The number of thioether (sulfide) groups is 1. The Bertz CT molecular complexity index is 902. The van der Waals surface area contributed by atoms with Crippen molar-refractivity contribution in [1.29, 1.82) is 0 Å². The highest BCUT2D eigenvalue weighted by molar-refractivity contribution is 8.00. The molecule has 1 heterocycles. The van der Waals surface area contributed by atoms with E-state index in [1.54, 1.807) is 36.4 Å². The van der Waals surface area contributed by atoms with Crippen molar-refractivity contribution in [2.75, 3.05) is 23.2 Å². The third-order valence-corrected chi connectivity index (χ3v) is 4.70. The van der Waals surface area contributed by atoms with Crippen LogP contribution in [-0.2, 0) is 14.4 Å². The van der Waals surface area contributed by atoms with E-state index in [0.29, 0.717) is 22.9 Å². The van der Waals surface area contributed by atoms with Gasteiger partial charge in [-0.15, -0.1) is 11.8 Å². The monoisotopic (exact) mass is 402 g/mol. The van der Waals surface area contributed by atoms with E-state index in [1.807, 2.05) is 6.07 Å². The molecule has 9 heteroatoms. The SMILES string of the molecule is O=C(O)CCC(=O)Nc1cccc(SCC(=O)Nc2ccc3c(c2)OCO3)c1. The summed E-state index contributed by atoms with van der Waals surface area (Å²) in [6, 6.07) is 12.2.